The summed E-state index contributed by atoms with van der Waals surface area (Å²) in [7, 11) is 0. The summed E-state index contributed by atoms with van der Waals surface area (Å²) in [5.41, 5.74) is 3.90. The zero-order chi connectivity index (χ0) is 28.1. The van der Waals surface area contributed by atoms with Crippen LogP contribution in [0.5, 0.6) is 11.5 Å². The van der Waals surface area contributed by atoms with Crippen LogP contribution in [0.3, 0.4) is 0 Å². The number of thioether (sulfide) groups is 1. The van der Waals surface area contributed by atoms with Gasteiger partial charge in [0.1, 0.15) is 0 Å². The summed E-state index contributed by atoms with van der Waals surface area (Å²) in [4.78, 5) is 39.6. The molecule has 202 valence electrons. The van der Waals surface area contributed by atoms with E-state index in [2.05, 4.69) is 5.32 Å². The molecule has 1 aliphatic rings. The first-order chi connectivity index (χ1) is 18.7. The van der Waals surface area contributed by atoms with E-state index in [0.717, 1.165) is 28.5 Å². The van der Waals surface area contributed by atoms with Crippen molar-refractivity contribution in [2.24, 2.45) is 0 Å². The molecule has 0 aromatic heterocycles. The van der Waals surface area contributed by atoms with Crippen molar-refractivity contribution in [2.75, 3.05) is 18.5 Å². The Kier molecular flexibility index (Phi) is 9.22. The Morgan fingerprint density at radius 2 is 1.77 bits per heavy atom. The Hall–Kier alpha value is -3.46. The Bertz CT molecular complexity index is 1470. The summed E-state index contributed by atoms with van der Waals surface area (Å²) in [6, 6.07) is 16.1. The monoisotopic (exact) mass is 584 g/mol. The molecule has 4 rings (SSSR count). The summed E-state index contributed by atoms with van der Waals surface area (Å²) in [6.07, 6.45) is 1.59. The maximum absolute atomic E-state index is 13.0. The van der Waals surface area contributed by atoms with Gasteiger partial charge < -0.3 is 14.8 Å². The number of aryl methyl sites for hydroxylation is 2. The van der Waals surface area contributed by atoms with Crippen LogP contribution in [0.25, 0.3) is 6.08 Å². The minimum Gasteiger partial charge on any atom is -0.490 e. The number of hydrogen-bond acceptors (Lipinski definition) is 6. The molecule has 0 radical (unpaired) electrons. The highest BCUT2D eigenvalue weighted by Crippen LogP contribution is 2.39. The number of nitrogens with zero attached hydrogens (tertiary/aromatic N) is 1. The normalized spacial score (nSPS) is 14.2. The van der Waals surface area contributed by atoms with Crippen molar-refractivity contribution >= 4 is 63.8 Å². The fourth-order valence-corrected chi connectivity index (χ4v) is 5.12. The summed E-state index contributed by atoms with van der Waals surface area (Å²) in [5, 5.41) is 3.12. The molecule has 39 heavy (non-hydrogen) atoms. The largest absolute Gasteiger partial charge is 0.490 e. The van der Waals surface area contributed by atoms with Gasteiger partial charge in [-0.25, -0.2) is 0 Å². The lowest BCUT2D eigenvalue weighted by atomic mass is 10.1. The van der Waals surface area contributed by atoms with Crippen molar-refractivity contribution in [1.82, 2.24) is 4.90 Å². The van der Waals surface area contributed by atoms with Gasteiger partial charge in [-0.15, -0.1) is 0 Å². The SMILES string of the molecule is CCOc1cc(/C=C2\SC(=O)N(Cc3ccccc3C)C2=O)cc(Cl)c1OCC(=O)Nc1ccc(C)c(Cl)c1. The fourth-order valence-electron chi connectivity index (χ4n) is 3.83. The molecule has 3 amide bonds. The van der Waals surface area contributed by atoms with E-state index in [9.17, 15) is 14.4 Å². The van der Waals surface area contributed by atoms with Crippen molar-refractivity contribution in [1.29, 1.82) is 0 Å². The number of hydrogen-bond donors (Lipinski definition) is 1. The smallest absolute Gasteiger partial charge is 0.293 e. The standard InChI is InChI=1S/C29H26Cl2N2O5S/c1-4-37-24-12-19(13-25-28(35)33(29(36)39-25)15-20-8-6-5-7-17(20)2)11-23(31)27(24)38-16-26(34)32-21-10-9-18(3)22(30)14-21/h5-14H,4,15-16H2,1-3H3,(H,32,34)/b25-13-. The minimum atomic E-state index is -0.403. The molecule has 1 heterocycles. The average Bonchev–Trinajstić information content (AvgIpc) is 3.14. The topological polar surface area (TPSA) is 84.9 Å². The number of halogens is 2. The first kappa shape index (κ1) is 28.5. The van der Waals surface area contributed by atoms with E-state index in [1.165, 1.54) is 4.90 Å². The van der Waals surface area contributed by atoms with Crippen molar-refractivity contribution in [3.63, 3.8) is 0 Å². The van der Waals surface area contributed by atoms with Crippen LogP contribution in [0.4, 0.5) is 10.5 Å². The zero-order valence-corrected chi connectivity index (χ0v) is 23.9. The second-order valence-electron chi connectivity index (χ2n) is 8.76. The molecule has 10 heteroatoms. The summed E-state index contributed by atoms with van der Waals surface area (Å²) < 4.78 is 11.4. The molecule has 3 aromatic rings. The highest BCUT2D eigenvalue weighted by Gasteiger charge is 2.35. The maximum Gasteiger partial charge on any atom is 0.293 e. The molecule has 0 aliphatic carbocycles. The first-order valence-corrected chi connectivity index (χ1v) is 13.7. The average molecular weight is 586 g/mol. The van der Waals surface area contributed by atoms with Crippen molar-refractivity contribution < 1.29 is 23.9 Å². The Balaban J connectivity index is 1.49. The fraction of sp³-hybridized carbons (Fsp3) is 0.207. The highest BCUT2D eigenvalue weighted by molar-refractivity contribution is 8.18. The van der Waals surface area contributed by atoms with Crippen LogP contribution < -0.4 is 14.8 Å². The summed E-state index contributed by atoms with van der Waals surface area (Å²) in [6.45, 7) is 5.81. The molecule has 7 nitrogen and oxygen atoms in total. The van der Waals surface area contributed by atoms with Gasteiger partial charge in [0.25, 0.3) is 17.1 Å². The first-order valence-electron chi connectivity index (χ1n) is 12.1. The lowest BCUT2D eigenvalue weighted by molar-refractivity contribution is -0.123. The zero-order valence-electron chi connectivity index (χ0n) is 21.5. The number of ether oxygens (including phenoxy) is 2. The van der Waals surface area contributed by atoms with Gasteiger partial charge in [-0.05, 0) is 85.1 Å². The van der Waals surface area contributed by atoms with Crippen LogP contribution in [0.15, 0.2) is 59.5 Å². The molecule has 0 atom stereocenters. The summed E-state index contributed by atoms with van der Waals surface area (Å²) >= 11 is 13.5. The lowest BCUT2D eigenvalue weighted by Gasteiger charge is -2.15. The van der Waals surface area contributed by atoms with E-state index in [0.29, 0.717) is 28.6 Å². The predicted octanol–water partition coefficient (Wildman–Crippen LogP) is 7.26. The van der Waals surface area contributed by atoms with Crippen molar-refractivity contribution in [3.8, 4) is 11.5 Å². The highest BCUT2D eigenvalue weighted by atomic mass is 35.5. The van der Waals surface area contributed by atoms with E-state index in [4.69, 9.17) is 32.7 Å². The Labute approximate surface area is 241 Å². The third-order valence-electron chi connectivity index (χ3n) is 5.90. The van der Waals surface area contributed by atoms with Crippen LogP contribution in [0.1, 0.15) is 29.2 Å². The van der Waals surface area contributed by atoms with Crippen LogP contribution >= 0.6 is 35.0 Å². The van der Waals surface area contributed by atoms with E-state index < -0.39 is 5.91 Å². The third-order valence-corrected chi connectivity index (χ3v) is 7.49. The molecule has 1 fully saturated rings. The number of carbonyl (C=O) groups is 3. The summed E-state index contributed by atoms with van der Waals surface area (Å²) in [5.74, 6) is -0.280. The number of rotatable bonds is 9. The van der Waals surface area contributed by atoms with Crippen molar-refractivity contribution in [2.45, 2.75) is 27.3 Å². The minimum absolute atomic E-state index is 0.192. The third kappa shape index (κ3) is 6.95. The number of carbonyl (C=O) groups excluding carboxylic acids is 3. The Morgan fingerprint density at radius 3 is 2.49 bits per heavy atom. The van der Waals surface area contributed by atoms with Gasteiger partial charge in [-0.3, -0.25) is 19.3 Å². The molecule has 3 aromatic carbocycles. The van der Waals surface area contributed by atoms with E-state index in [1.807, 2.05) is 38.1 Å². The molecule has 0 saturated carbocycles. The molecular weight excluding hydrogens is 559 g/mol. The van der Waals surface area contributed by atoms with E-state index in [1.54, 1.807) is 43.3 Å². The van der Waals surface area contributed by atoms with Crippen LogP contribution in [0.2, 0.25) is 10.0 Å². The maximum atomic E-state index is 13.0. The van der Waals surface area contributed by atoms with Gasteiger partial charge in [-0.1, -0.05) is 53.5 Å². The molecule has 1 N–H and O–H groups in total. The van der Waals surface area contributed by atoms with Gasteiger partial charge in [0, 0.05) is 10.7 Å². The number of nitrogens with one attached hydrogen (secondary N) is 1. The molecule has 0 bridgehead atoms. The van der Waals surface area contributed by atoms with E-state index >= 15 is 0 Å². The number of benzene rings is 3. The number of amides is 3. The van der Waals surface area contributed by atoms with Gasteiger partial charge >= 0.3 is 0 Å². The van der Waals surface area contributed by atoms with Crippen LogP contribution in [-0.4, -0.2) is 35.2 Å². The van der Waals surface area contributed by atoms with Gasteiger partial charge in [0.2, 0.25) is 0 Å². The molecule has 1 saturated heterocycles. The van der Waals surface area contributed by atoms with Gasteiger partial charge in [-0.2, -0.15) is 0 Å². The molecule has 1 aliphatic heterocycles. The van der Waals surface area contributed by atoms with Crippen molar-refractivity contribution in [3.05, 3.63) is 91.8 Å². The van der Waals surface area contributed by atoms with Crippen LogP contribution in [0, 0.1) is 13.8 Å². The molecule has 0 spiro atoms. The Morgan fingerprint density at radius 1 is 1.00 bits per heavy atom. The van der Waals surface area contributed by atoms with E-state index in [-0.39, 0.29) is 40.0 Å². The van der Waals surface area contributed by atoms with Crippen LogP contribution in [-0.2, 0) is 16.1 Å². The van der Waals surface area contributed by atoms with Gasteiger partial charge in [0.15, 0.2) is 18.1 Å². The lowest BCUT2D eigenvalue weighted by Crippen LogP contribution is -2.27. The predicted molar refractivity (Wildman–Crippen MR) is 156 cm³/mol. The number of anilines is 1. The second-order valence-corrected chi connectivity index (χ2v) is 10.6. The second kappa shape index (κ2) is 12.6. The molecule has 0 unspecified atom stereocenters. The van der Waals surface area contributed by atoms with Gasteiger partial charge in [0.05, 0.1) is 23.1 Å². The number of imide groups is 1. The molecular formula is C29H26Cl2N2O5S. The quantitative estimate of drug-likeness (QED) is 0.266.